The van der Waals surface area contributed by atoms with Crippen LogP contribution in [0.2, 0.25) is 0 Å². The van der Waals surface area contributed by atoms with Crippen LogP contribution in [0.15, 0.2) is 16.5 Å². The molecule has 0 bridgehead atoms. The predicted molar refractivity (Wildman–Crippen MR) is 78.5 cm³/mol. The van der Waals surface area contributed by atoms with Gasteiger partial charge in [0.2, 0.25) is 11.8 Å². The Labute approximate surface area is 124 Å². The zero-order valence-electron chi connectivity index (χ0n) is 13.1. The van der Waals surface area contributed by atoms with Gasteiger partial charge in [-0.15, -0.1) is 10.2 Å². The van der Waals surface area contributed by atoms with Crippen LogP contribution in [-0.2, 0) is 13.1 Å². The smallest absolute Gasteiger partial charge is 0.230 e. The maximum absolute atomic E-state index is 5.39. The van der Waals surface area contributed by atoms with Crippen LogP contribution >= 0.6 is 0 Å². The number of hydrogen-bond donors (Lipinski definition) is 0. The van der Waals surface area contributed by atoms with Crippen LogP contribution in [-0.4, -0.2) is 36.4 Å². The summed E-state index contributed by atoms with van der Waals surface area (Å²) in [6.45, 7) is 5.21. The highest BCUT2D eigenvalue weighted by Gasteiger charge is 2.12. The van der Waals surface area contributed by atoms with Gasteiger partial charge in [-0.25, -0.2) is 0 Å². The summed E-state index contributed by atoms with van der Waals surface area (Å²) in [4.78, 5) is 2.11. The van der Waals surface area contributed by atoms with E-state index in [1.54, 1.807) is 21.1 Å². The number of methoxy groups -OCH3 is 2. The number of ether oxygens (including phenoxy) is 2. The first-order valence-electron chi connectivity index (χ1n) is 6.72. The first kappa shape index (κ1) is 15.3. The molecule has 0 radical (unpaired) electrons. The molecule has 21 heavy (non-hydrogen) atoms. The zero-order valence-corrected chi connectivity index (χ0v) is 13.1. The molecule has 6 nitrogen and oxygen atoms in total. The predicted octanol–water partition coefficient (Wildman–Crippen LogP) is 2.34. The average Bonchev–Trinajstić information content (AvgIpc) is 2.85. The molecular formula is C15H21N3O3. The first-order chi connectivity index (χ1) is 10.0. The molecule has 0 unspecified atom stereocenters. The van der Waals surface area contributed by atoms with Crippen LogP contribution in [0.3, 0.4) is 0 Å². The summed E-state index contributed by atoms with van der Waals surface area (Å²) in [5.74, 6) is 2.68. The van der Waals surface area contributed by atoms with Gasteiger partial charge in [0.25, 0.3) is 0 Å². The van der Waals surface area contributed by atoms with Crippen molar-refractivity contribution in [3.05, 3.63) is 35.0 Å². The topological polar surface area (TPSA) is 60.6 Å². The molecule has 0 fully saturated rings. The van der Waals surface area contributed by atoms with Crippen molar-refractivity contribution in [1.29, 1.82) is 0 Å². The van der Waals surface area contributed by atoms with Crippen LogP contribution < -0.4 is 9.47 Å². The average molecular weight is 291 g/mol. The SMILES string of the molecule is COc1cc(C)c(CN(C)Cc2nnc(C)o2)cc1OC. The number of aromatic nitrogens is 2. The van der Waals surface area contributed by atoms with Crippen molar-refractivity contribution in [3.8, 4) is 11.5 Å². The summed E-state index contributed by atoms with van der Waals surface area (Å²) in [7, 11) is 5.29. The molecule has 0 amide bonds. The summed E-state index contributed by atoms with van der Waals surface area (Å²) in [6, 6.07) is 3.99. The second-order valence-corrected chi connectivity index (χ2v) is 5.02. The molecule has 0 saturated carbocycles. The molecule has 0 saturated heterocycles. The minimum absolute atomic E-state index is 0.584. The Morgan fingerprint density at radius 2 is 1.71 bits per heavy atom. The Bertz CT molecular complexity index is 610. The van der Waals surface area contributed by atoms with Crippen LogP contribution in [0.25, 0.3) is 0 Å². The van der Waals surface area contributed by atoms with Crippen LogP contribution in [0.1, 0.15) is 22.9 Å². The fourth-order valence-corrected chi connectivity index (χ4v) is 2.17. The van der Waals surface area contributed by atoms with Crippen molar-refractivity contribution in [1.82, 2.24) is 15.1 Å². The summed E-state index contributed by atoms with van der Waals surface area (Å²) in [5.41, 5.74) is 2.33. The van der Waals surface area contributed by atoms with E-state index in [0.717, 1.165) is 23.6 Å². The van der Waals surface area contributed by atoms with Gasteiger partial charge in [0, 0.05) is 13.5 Å². The number of aryl methyl sites for hydroxylation is 2. The quantitative estimate of drug-likeness (QED) is 0.814. The van der Waals surface area contributed by atoms with E-state index in [0.29, 0.717) is 18.3 Å². The Hall–Kier alpha value is -2.08. The highest BCUT2D eigenvalue weighted by Crippen LogP contribution is 2.30. The van der Waals surface area contributed by atoms with Gasteiger partial charge in [-0.1, -0.05) is 0 Å². The molecule has 2 rings (SSSR count). The molecule has 1 heterocycles. The number of nitrogens with zero attached hydrogens (tertiary/aromatic N) is 3. The van der Waals surface area contributed by atoms with Crippen LogP contribution in [0, 0.1) is 13.8 Å². The zero-order chi connectivity index (χ0) is 15.4. The second kappa shape index (κ2) is 6.58. The van der Waals surface area contributed by atoms with Gasteiger partial charge in [0.1, 0.15) is 0 Å². The molecule has 1 aromatic heterocycles. The summed E-state index contributed by atoms with van der Waals surface area (Å²) in [5, 5.41) is 7.84. The number of hydrogen-bond acceptors (Lipinski definition) is 6. The molecule has 114 valence electrons. The van der Waals surface area contributed by atoms with E-state index in [1.807, 2.05) is 19.2 Å². The summed E-state index contributed by atoms with van der Waals surface area (Å²) in [6.07, 6.45) is 0. The van der Waals surface area contributed by atoms with E-state index in [4.69, 9.17) is 13.9 Å². The minimum Gasteiger partial charge on any atom is -0.493 e. The lowest BCUT2D eigenvalue weighted by Gasteiger charge is -2.18. The van der Waals surface area contributed by atoms with Crippen molar-refractivity contribution in [3.63, 3.8) is 0 Å². The van der Waals surface area contributed by atoms with Gasteiger partial charge in [-0.05, 0) is 37.2 Å². The van der Waals surface area contributed by atoms with Gasteiger partial charge < -0.3 is 13.9 Å². The third-order valence-corrected chi connectivity index (χ3v) is 3.26. The van der Waals surface area contributed by atoms with Crippen molar-refractivity contribution in [2.24, 2.45) is 0 Å². The number of benzene rings is 1. The van der Waals surface area contributed by atoms with Crippen LogP contribution in [0.4, 0.5) is 0 Å². The monoisotopic (exact) mass is 291 g/mol. The highest BCUT2D eigenvalue weighted by atomic mass is 16.5. The van der Waals surface area contributed by atoms with Crippen molar-refractivity contribution in [2.75, 3.05) is 21.3 Å². The van der Waals surface area contributed by atoms with Crippen LogP contribution in [0.5, 0.6) is 11.5 Å². The Morgan fingerprint density at radius 1 is 1.05 bits per heavy atom. The molecule has 1 aromatic carbocycles. The lowest BCUT2D eigenvalue weighted by Crippen LogP contribution is -2.18. The molecule has 0 aliphatic carbocycles. The maximum atomic E-state index is 5.39. The molecular weight excluding hydrogens is 270 g/mol. The van der Waals surface area contributed by atoms with Crippen molar-refractivity contribution < 1.29 is 13.9 Å². The maximum Gasteiger partial charge on any atom is 0.230 e. The Morgan fingerprint density at radius 3 is 2.29 bits per heavy atom. The lowest BCUT2D eigenvalue weighted by atomic mass is 10.1. The van der Waals surface area contributed by atoms with E-state index < -0.39 is 0 Å². The summed E-state index contributed by atoms with van der Waals surface area (Å²) >= 11 is 0. The first-order valence-corrected chi connectivity index (χ1v) is 6.72. The van der Waals surface area contributed by atoms with E-state index >= 15 is 0 Å². The second-order valence-electron chi connectivity index (χ2n) is 5.02. The number of rotatable bonds is 6. The Balaban J connectivity index is 2.11. The van der Waals surface area contributed by atoms with Gasteiger partial charge in [0.15, 0.2) is 11.5 Å². The molecule has 2 aromatic rings. The van der Waals surface area contributed by atoms with Crippen molar-refractivity contribution >= 4 is 0 Å². The van der Waals surface area contributed by atoms with Gasteiger partial charge >= 0.3 is 0 Å². The molecule has 6 heteroatoms. The fourth-order valence-electron chi connectivity index (χ4n) is 2.17. The third-order valence-electron chi connectivity index (χ3n) is 3.26. The van der Waals surface area contributed by atoms with Gasteiger partial charge in [-0.3, -0.25) is 4.90 Å². The minimum atomic E-state index is 0.584. The summed E-state index contributed by atoms with van der Waals surface area (Å²) < 4.78 is 16.0. The lowest BCUT2D eigenvalue weighted by molar-refractivity contribution is 0.277. The van der Waals surface area contributed by atoms with Crippen molar-refractivity contribution in [2.45, 2.75) is 26.9 Å². The largest absolute Gasteiger partial charge is 0.493 e. The molecule has 0 N–H and O–H groups in total. The fraction of sp³-hybridized carbons (Fsp3) is 0.467. The molecule has 0 spiro atoms. The standard InChI is InChI=1S/C15H21N3O3/c1-10-6-13(19-4)14(20-5)7-12(10)8-18(3)9-15-17-16-11(2)21-15/h6-7H,8-9H2,1-5H3. The van der Waals surface area contributed by atoms with Gasteiger partial charge in [-0.2, -0.15) is 0 Å². The van der Waals surface area contributed by atoms with Gasteiger partial charge in [0.05, 0.1) is 20.8 Å². The third kappa shape index (κ3) is 3.72. The molecule has 0 atom stereocenters. The normalized spacial score (nSPS) is 11.0. The van der Waals surface area contributed by atoms with E-state index in [1.165, 1.54) is 5.56 Å². The van der Waals surface area contributed by atoms with E-state index in [9.17, 15) is 0 Å². The van der Waals surface area contributed by atoms with E-state index in [-0.39, 0.29) is 0 Å². The molecule has 0 aliphatic heterocycles. The van der Waals surface area contributed by atoms with E-state index in [2.05, 4.69) is 22.0 Å². The molecule has 0 aliphatic rings. The Kier molecular flexibility index (Phi) is 4.80. The highest BCUT2D eigenvalue weighted by molar-refractivity contribution is 5.47.